The van der Waals surface area contributed by atoms with E-state index in [1.807, 2.05) is 68.5 Å². The lowest BCUT2D eigenvalue weighted by Gasteiger charge is -2.17. The maximum atomic E-state index is 13.0. The number of nitrogens with zero attached hydrogens (tertiary/aromatic N) is 1. The van der Waals surface area contributed by atoms with E-state index in [1.165, 1.54) is 23.1 Å². The first kappa shape index (κ1) is 20.3. The van der Waals surface area contributed by atoms with Crippen molar-refractivity contribution in [2.24, 2.45) is 0 Å². The molecule has 3 aromatic rings. The van der Waals surface area contributed by atoms with Crippen molar-refractivity contribution in [3.8, 4) is 0 Å². The van der Waals surface area contributed by atoms with E-state index in [9.17, 15) is 14.4 Å². The molecular formula is C26H21NO4. The van der Waals surface area contributed by atoms with Crippen LogP contribution in [0, 0.1) is 13.8 Å². The number of benzene rings is 3. The Hall–Kier alpha value is -3.99. The molecule has 31 heavy (non-hydrogen) atoms. The number of esters is 1. The third-order valence-corrected chi connectivity index (χ3v) is 5.15. The minimum atomic E-state index is -0.550. The largest absolute Gasteiger partial charge is 0.458 e. The van der Waals surface area contributed by atoms with Gasteiger partial charge in [0, 0.05) is 0 Å². The summed E-state index contributed by atoms with van der Waals surface area (Å²) < 4.78 is 5.28. The van der Waals surface area contributed by atoms with E-state index >= 15 is 0 Å². The van der Waals surface area contributed by atoms with Crippen molar-refractivity contribution in [1.29, 1.82) is 0 Å². The number of anilines is 1. The molecule has 0 bridgehead atoms. The number of imide groups is 1. The maximum Gasteiger partial charge on any atom is 0.338 e. The molecule has 0 N–H and O–H groups in total. The molecular weight excluding hydrogens is 390 g/mol. The summed E-state index contributed by atoms with van der Waals surface area (Å²) in [5.41, 5.74) is 4.06. The van der Waals surface area contributed by atoms with Gasteiger partial charge >= 0.3 is 5.97 Å². The maximum absolute atomic E-state index is 13.0. The van der Waals surface area contributed by atoms with Crippen LogP contribution in [0.4, 0.5) is 5.69 Å². The molecule has 0 saturated carbocycles. The Morgan fingerprint density at radius 3 is 2.42 bits per heavy atom. The minimum Gasteiger partial charge on any atom is -0.458 e. The van der Waals surface area contributed by atoms with Crippen LogP contribution in [0.5, 0.6) is 0 Å². The zero-order chi connectivity index (χ0) is 22.0. The smallest absolute Gasteiger partial charge is 0.338 e. The normalized spacial score (nSPS) is 13.0. The second kappa shape index (κ2) is 8.40. The number of carbonyl (C=O) groups excluding carboxylic acids is 3. The van der Waals surface area contributed by atoms with E-state index in [0.29, 0.717) is 5.69 Å². The zero-order valence-electron chi connectivity index (χ0n) is 17.3. The van der Waals surface area contributed by atoms with Gasteiger partial charge in [-0.3, -0.25) is 9.59 Å². The van der Waals surface area contributed by atoms with Gasteiger partial charge in [-0.05, 0) is 60.9 Å². The van der Waals surface area contributed by atoms with Crippen molar-refractivity contribution in [3.63, 3.8) is 0 Å². The SMILES string of the molecule is Cc1ccc(C)c(N2C(=O)c3ccc(C(=O)OC/C=C/c4ccccc4)cc3C2=O)c1. The van der Waals surface area contributed by atoms with Crippen molar-refractivity contribution in [2.75, 3.05) is 11.5 Å². The number of ether oxygens (including phenoxy) is 1. The van der Waals surface area contributed by atoms with Gasteiger partial charge in [-0.1, -0.05) is 48.5 Å². The highest BCUT2D eigenvalue weighted by Crippen LogP contribution is 2.31. The molecule has 0 radical (unpaired) electrons. The van der Waals surface area contributed by atoms with Gasteiger partial charge in [-0.15, -0.1) is 0 Å². The van der Waals surface area contributed by atoms with Crippen molar-refractivity contribution in [3.05, 3.63) is 106 Å². The molecule has 0 aliphatic carbocycles. The van der Waals surface area contributed by atoms with Crippen LogP contribution in [-0.4, -0.2) is 24.4 Å². The Morgan fingerprint density at radius 1 is 0.903 bits per heavy atom. The van der Waals surface area contributed by atoms with Crippen molar-refractivity contribution >= 4 is 29.5 Å². The number of aryl methyl sites for hydroxylation is 2. The molecule has 0 fully saturated rings. The number of hydrogen-bond acceptors (Lipinski definition) is 4. The topological polar surface area (TPSA) is 63.7 Å². The van der Waals surface area contributed by atoms with Gasteiger partial charge < -0.3 is 4.74 Å². The van der Waals surface area contributed by atoms with Crippen LogP contribution in [0.3, 0.4) is 0 Å². The Labute approximate surface area is 180 Å². The number of amides is 2. The summed E-state index contributed by atoms with van der Waals surface area (Å²) in [6.45, 7) is 3.86. The molecule has 1 aliphatic heterocycles. The highest BCUT2D eigenvalue weighted by molar-refractivity contribution is 6.35. The van der Waals surface area contributed by atoms with Crippen molar-refractivity contribution < 1.29 is 19.1 Å². The Balaban J connectivity index is 1.51. The van der Waals surface area contributed by atoms with E-state index in [2.05, 4.69) is 0 Å². The predicted molar refractivity (Wildman–Crippen MR) is 119 cm³/mol. The molecule has 3 aromatic carbocycles. The monoisotopic (exact) mass is 411 g/mol. The van der Waals surface area contributed by atoms with Gasteiger partial charge in [0.25, 0.3) is 11.8 Å². The van der Waals surface area contributed by atoms with E-state index in [-0.39, 0.29) is 29.2 Å². The summed E-state index contributed by atoms with van der Waals surface area (Å²) >= 11 is 0. The third-order valence-electron chi connectivity index (χ3n) is 5.15. The molecule has 5 nitrogen and oxygen atoms in total. The predicted octanol–water partition coefficient (Wildman–Crippen LogP) is 4.97. The van der Waals surface area contributed by atoms with Gasteiger partial charge in [0.1, 0.15) is 6.61 Å². The molecule has 1 aliphatic rings. The second-order valence-electron chi connectivity index (χ2n) is 7.41. The molecule has 0 atom stereocenters. The molecule has 154 valence electrons. The molecule has 0 unspecified atom stereocenters. The average molecular weight is 411 g/mol. The van der Waals surface area contributed by atoms with E-state index < -0.39 is 11.9 Å². The summed E-state index contributed by atoms with van der Waals surface area (Å²) in [5.74, 6) is -1.38. The molecule has 2 amide bonds. The molecule has 0 spiro atoms. The van der Waals surface area contributed by atoms with Crippen LogP contribution in [-0.2, 0) is 4.74 Å². The first-order chi connectivity index (χ1) is 15.0. The molecule has 1 heterocycles. The van der Waals surface area contributed by atoms with Crippen molar-refractivity contribution in [2.45, 2.75) is 13.8 Å². The van der Waals surface area contributed by atoms with Crippen LogP contribution in [0.2, 0.25) is 0 Å². The Morgan fingerprint density at radius 2 is 1.65 bits per heavy atom. The van der Waals surface area contributed by atoms with Crippen LogP contribution < -0.4 is 4.90 Å². The van der Waals surface area contributed by atoms with Gasteiger partial charge in [0.15, 0.2) is 0 Å². The van der Waals surface area contributed by atoms with Crippen LogP contribution in [0.1, 0.15) is 47.8 Å². The van der Waals surface area contributed by atoms with Crippen LogP contribution in [0.15, 0.2) is 72.8 Å². The lowest BCUT2D eigenvalue weighted by molar-refractivity contribution is 0.0550. The fraction of sp³-hybridized carbons (Fsp3) is 0.115. The number of hydrogen-bond donors (Lipinski definition) is 0. The quantitative estimate of drug-likeness (QED) is 0.439. The highest BCUT2D eigenvalue weighted by atomic mass is 16.5. The first-order valence-corrected chi connectivity index (χ1v) is 9.94. The van der Waals surface area contributed by atoms with Gasteiger partial charge in [0.2, 0.25) is 0 Å². The summed E-state index contributed by atoms with van der Waals surface area (Å²) in [4.78, 5) is 39.5. The molecule has 0 saturated heterocycles. The minimum absolute atomic E-state index is 0.103. The van der Waals surface area contributed by atoms with Crippen LogP contribution in [0.25, 0.3) is 6.08 Å². The molecule has 0 aromatic heterocycles. The van der Waals surface area contributed by atoms with E-state index in [1.54, 1.807) is 6.08 Å². The number of fused-ring (bicyclic) bond motifs is 1. The van der Waals surface area contributed by atoms with Gasteiger partial charge in [0.05, 0.1) is 22.4 Å². The fourth-order valence-corrected chi connectivity index (χ4v) is 3.50. The van der Waals surface area contributed by atoms with Crippen molar-refractivity contribution in [1.82, 2.24) is 0 Å². The van der Waals surface area contributed by atoms with E-state index in [4.69, 9.17) is 4.74 Å². The lowest BCUT2D eigenvalue weighted by Crippen LogP contribution is -2.30. The van der Waals surface area contributed by atoms with Crippen LogP contribution >= 0.6 is 0 Å². The third kappa shape index (κ3) is 4.03. The number of rotatable bonds is 5. The standard InChI is InChI=1S/C26H21NO4/c1-17-10-11-18(2)23(15-17)27-24(28)21-13-12-20(16-22(21)25(27)29)26(30)31-14-6-9-19-7-4-3-5-8-19/h3-13,15-16H,14H2,1-2H3/b9-6+. The summed E-state index contributed by atoms with van der Waals surface area (Å²) in [5, 5.41) is 0. The zero-order valence-corrected chi connectivity index (χ0v) is 17.3. The lowest BCUT2D eigenvalue weighted by atomic mass is 10.1. The Kier molecular flexibility index (Phi) is 5.50. The number of carbonyl (C=O) groups is 3. The van der Waals surface area contributed by atoms with Gasteiger partial charge in [-0.25, -0.2) is 9.69 Å². The fourth-order valence-electron chi connectivity index (χ4n) is 3.50. The Bertz CT molecular complexity index is 1210. The highest BCUT2D eigenvalue weighted by Gasteiger charge is 2.37. The molecule has 5 heteroatoms. The molecule has 4 rings (SSSR count). The summed E-state index contributed by atoms with van der Waals surface area (Å²) in [7, 11) is 0. The average Bonchev–Trinajstić information content (AvgIpc) is 3.03. The summed E-state index contributed by atoms with van der Waals surface area (Å²) in [6, 6.07) is 19.8. The second-order valence-corrected chi connectivity index (χ2v) is 7.41. The van der Waals surface area contributed by atoms with Gasteiger partial charge in [-0.2, -0.15) is 0 Å². The summed E-state index contributed by atoms with van der Waals surface area (Å²) in [6.07, 6.45) is 3.61. The first-order valence-electron chi connectivity index (χ1n) is 9.94. The van der Waals surface area contributed by atoms with E-state index in [0.717, 1.165) is 16.7 Å².